The number of H-pyrrole nitrogens is 1. The van der Waals surface area contributed by atoms with Gasteiger partial charge in [0.15, 0.2) is 0 Å². The molecule has 7 heteroatoms. The van der Waals surface area contributed by atoms with Crippen molar-refractivity contribution in [3.05, 3.63) is 63.1 Å². The lowest BCUT2D eigenvalue weighted by Crippen LogP contribution is -2.38. The number of carbonyl (C=O) groups excluding carboxylic acids is 1. The molecule has 7 nitrogen and oxygen atoms in total. The molecule has 134 valence electrons. The minimum absolute atomic E-state index is 0.0569. The first-order chi connectivity index (χ1) is 11.9. The van der Waals surface area contributed by atoms with Crippen molar-refractivity contribution >= 4 is 6.03 Å². The van der Waals surface area contributed by atoms with Crippen LogP contribution in [0.25, 0.3) is 0 Å². The van der Waals surface area contributed by atoms with E-state index in [4.69, 9.17) is 4.74 Å². The normalized spacial score (nSPS) is 11.7. The molecule has 0 bridgehead atoms. The fourth-order valence-electron chi connectivity index (χ4n) is 2.47. The molecule has 0 aliphatic rings. The van der Waals surface area contributed by atoms with Gasteiger partial charge in [0.2, 0.25) is 0 Å². The summed E-state index contributed by atoms with van der Waals surface area (Å²) in [5.41, 5.74) is 2.57. The van der Waals surface area contributed by atoms with Crippen molar-refractivity contribution in [3.8, 4) is 5.75 Å². The fraction of sp³-hybridized carbons (Fsp3) is 0.333. The molecule has 4 N–H and O–H groups in total. The van der Waals surface area contributed by atoms with Crippen LogP contribution in [-0.2, 0) is 6.54 Å². The first-order valence-electron chi connectivity index (χ1n) is 7.94. The van der Waals surface area contributed by atoms with E-state index in [1.807, 2.05) is 13.0 Å². The predicted molar refractivity (Wildman–Crippen MR) is 94.7 cm³/mol. The number of urea groups is 1. The van der Waals surface area contributed by atoms with Crippen molar-refractivity contribution < 1.29 is 14.6 Å². The molecular weight excluding hydrogens is 322 g/mol. The highest BCUT2D eigenvalue weighted by Crippen LogP contribution is 2.16. The number of ether oxygens (including phenoxy) is 1. The highest BCUT2D eigenvalue weighted by molar-refractivity contribution is 5.73. The summed E-state index contributed by atoms with van der Waals surface area (Å²) in [5, 5.41) is 15.3. The van der Waals surface area contributed by atoms with Crippen molar-refractivity contribution in [2.45, 2.75) is 26.5 Å². The molecule has 0 fully saturated rings. The number of aryl methyl sites for hydroxylation is 2. The Labute approximate surface area is 146 Å². The third-order valence-electron chi connectivity index (χ3n) is 3.88. The van der Waals surface area contributed by atoms with Gasteiger partial charge in [-0.3, -0.25) is 4.79 Å². The van der Waals surface area contributed by atoms with Crippen molar-refractivity contribution in [2.24, 2.45) is 0 Å². The van der Waals surface area contributed by atoms with Gasteiger partial charge in [-0.2, -0.15) is 0 Å². The molecule has 0 saturated carbocycles. The van der Waals surface area contributed by atoms with Crippen LogP contribution in [0.4, 0.5) is 4.79 Å². The van der Waals surface area contributed by atoms with Crippen molar-refractivity contribution in [1.29, 1.82) is 0 Å². The summed E-state index contributed by atoms with van der Waals surface area (Å²) in [5.74, 6) is 0.695. The summed E-state index contributed by atoms with van der Waals surface area (Å²) < 4.78 is 5.06. The van der Waals surface area contributed by atoms with E-state index in [1.54, 1.807) is 38.3 Å². The van der Waals surface area contributed by atoms with Gasteiger partial charge in [-0.05, 0) is 43.2 Å². The highest BCUT2D eigenvalue weighted by Gasteiger charge is 2.11. The van der Waals surface area contributed by atoms with Gasteiger partial charge in [-0.15, -0.1) is 0 Å². The number of carbonyl (C=O) groups is 1. The molecule has 1 atom stereocenters. The molecule has 1 aromatic heterocycles. The van der Waals surface area contributed by atoms with Gasteiger partial charge in [0.1, 0.15) is 5.75 Å². The van der Waals surface area contributed by atoms with Crippen molar-refractivity contribution in [2.75, 3.05) is 13.7 Å². The predicted octanol–water partition coefficient (Wildman–Crippen LogP) is 1.53. The standard InChI is InChI=1S/C18H23N3O4/c1-11-8-12(2)21-17(23)15(11)9-19-18(24)20-10-16(22)13-4-6-14(25-3)7-5-13/h4-8,16,22H,9-10H2,1-3H3,(H,21,23)(H2,19,20,24)/t16-/m0/s1. The van der Waals surface area contributed by atoms with Crippen LogP contribution < -0.4 is 20.9 Å². The average molecular weight is 345 g/mol. The maximum Gasteiger partial charge on any atom is 0.315 e. The molecule has 1 heterocycles. The zero-order valence-electron chi connectivity index (χ0n) is 14.6. The minimum atomic E-state index is -0.832. The lowest BCUT2D eigenvalue weighted by atomic mass is 10.1. The van der Waals surface area contributed by atoms with Gasteiger partial charge in [0.05, 0.1) is 19.8 Å². The van der Waals surface area contributed by atoms with E-state index in [0.29, 0.717) is 16.9 Å². The van der Waals surface area contributed by atoms with E-state index in [-0.39, 0.29) is 18.6 Å². The number of aromatic nitrogens is 1. The maximum absolute atomic E-state index is 11.9. The van der Waals surface area contributed by atoms with Gasteiger partial charge in [0.25, 0.3) is 5.56 Å². The molecule has 0 aliphatic heterocycles. The second-order valence-corrected chi connectivity index (χ2v) is 5.80. The maximum atomic E-state index is 11.9. The second-order valence-electron chi connectivity index (χ2n) is 5.80. The number of hydrogen-bond donors (Lipinski definition) is 4. The molecule has 25 heavy (non-hydrogen) atoms. The number of rotatable bonds is 6. The van der Waals surface area contributed by atoms with E-state index in [2.05, 4.69) is 15.6 Å². The number of aliphatic hydroxyl groups excluding tert-OH is 1. The van der Waals surface area contributed by atoms with Crippen LogP contribution in [0.3, 0.4) is 0 Å². The number of hydrogen-bond acceptors (Lipinski definition) is 4. The molecule has 0 spiro atoms. The number of aliphatic hydroxyl groups is 1. The Morgan fingerprint density at radius 1 is 1.24 bits per heavy atom. The number of amides is 2. The molecule has 2 rings (SSSR count). The Morgan fingerprint density at radius 2 is 1.92 bits per heavy atom. The Bertz CT molecular complexity index is 784. The summed E-state index contributed by atoms with van der Waals surface area (Å²) in [7, 11) is 1.57. The number of nitrogens with one attached hydrogen (secondary N) is 3. The van der Waals surface area contributed by atoms with Crippen LogP contribution in [-0.4, -0.2) is 29.8 Å². The van der Waals surface area contributed by atoms with E-state index in [1.165, 1.54) is 0 Å². The Balaban J connectivity index is 1.85. The fourth-order valence-corrected chi connectivity index (χ4v) is 2.47. The van der Waals surface area contributed by atoms with E-state index in [9.17, 15) is 14.7 Å². The summed E-state index contributed by atoms with van der Waals surface area (Å²) in [4.78, 5) is 26.5. The number of methoxy groups -OCH3 is 1. The van der Waals surface area contributed by atoms with Gasteiger partial charge >= 0.3 is 6.03 Å². The minimum Gasteiger partial charge on any atom is -0.497 e. The molecule has 2 amide bonds. The molecular formula is C18H23N3O4. The van der Waals surface area contributed by atoms with Gasteiger partial charge < -0.3 is 25.5 Å². The Morgan fingerprint density at radius 3 is 2.52 bits per heavy atom. The van der Waals surface area contributed by atoms with E-state index >= 15 is 0 Å². The molecule has 0 aliphatic carbocycles. The quantitative estimate of drug-likeness (QED) is 0.637. The topological polar surface area (TPSA) is 103 Å². The smallest absolute Gasteiger partial charge is 0.315 e. The molecule has 0 saturated heterocycles. The monoisotopic (exact) mass is 345 g/mol. The molecule has 0 unspecified atom stereocenters. The lowest BCUT2D eigenvalue weighted by Gasteiger charge is -2.14. The van der Waals surface area contributed by atoms with Crippen LogP contribution in [0.15, 0.2) is 35.1 Å². The van der Waals surface area contributed by atoms with Gasteiger partial charge in [-0.1, -0.05) is 12.1 Å². The van der Waals surface area contributed by atoms with Crippen molar-refractivity contribution in [1.82, 2.24) is 15.6 Å². The zero-order valence-corrected chi connectivity index (χ0v) is 14.6. The van der Waals surface area contributed by atoms with Gasteiger partial charge in [0, 0.05) is 17.8 Å². The summed E-state index contributed by atoms with van der Waals surface area (Å²) in [6.45, 7) is 3.80. The highest BCUT2D eigenvalue weighted by atomic mass is 16.5. The van der Waals surface area contributed by atoms with E-state index < -0.39 is 12.1 Å². The zero-order chi connectivity index (χ0) is 18.4. The van der Waals surface area contributed by atoms with Crippen LogP contribution in [0.2, 0.25) is 0 Å². The van der Waals surface area contributed by atoms with Crippen LogP contribution in [0.5, 0.6) is 5.75 Å². The Kier molecular flexibility index (Phi) is 6.19. The third-order valence-corrected chi connectivity index (χ3v) is 3.88. The first-order valence-corrected chi connectivity index (χ1v) is 7.94. The van der Waals surface area contributed by atoms with Crippen molar-refractivity contribution in [3.63, 3.8) is 0 Å². The summed E-state index contributed by atoms with van der Waals surface area (Å²) in [6, 6.07) is 8.35. The summed E-state index contributed by atoms with van der Waals surface area (Å²) >= 11 is 0. The number of pyridine rings is 1. The lowest BCUT2D eigenvalue weighted by molar-refractivity contribution is 0.173. The van der Waals surface area contributed by atoms with E-state index in [0.717, 1.165) is 11.3 Å². The molecule has 2 aromatic rings. The second kappa shape index (κ2) is 8.34. The molecule has 1 aromatic carbocycles. The van der Waals surface area contributed by atoms with Crippen LogP contribution in [0.1, 0.15) is 28.5 Å². The first kappa shape index (κ1) is 18.5. The van der Waals surface area contributed by atoms with Crippen LogP contribution in [0, 0.1) is 13.8 Å². The van der Waals surface area contributed by atoms with Crippen LogP contribution >= 0.6 is 0 Å². The number of aromatic amines is 1. The SMILES string of the molecule is COc1ccc([C@@H](O)CNC(=O)NCc2c(C)cc(C)[nH]c2=O)cc1. The largest absolute Gasteiger partial charge is 0.497 e. The molecule has 0 radical (unpaired) electrons. The summed E-state index contributed by atoms with van der Waals surface area (Å²) in [6.07, 6.45) is -0.832. The number of benzene rings is 1. The third kappa shape index (κ3) is 5.09. The average Bonchev–Trinajstić information content (AvgIpc) is 2.58. The van der Waals surface area contributed by atoms with Gasteiger partial charge in [-0.25, -0.2) is 4.79 Å². The Hall–Kier alpha value is -2.80.